The van der Waals surface area contributed by atoms with Gasteiger partial charge in [-0.05, 0) is 35.7 Å². The van der Waals surface area contributed by atoms with Crippen molar-refractivity contribution in [3.63, 3.8) is 0 Å². The fourth-order valence-electron chi connectivity index (χ4n) is 4.11. The molecule has 1 N–H and O–H groups in total. The van der Waals surface area contributed by atoms with E-state index in [0.717, 1.165) is 38.4 Å². The predicted octanol–water partition coefficient (Wildman–Crippen LogP) is 1.78. The van der Waals surface area contributed by atoms with E-state index < -0.39 is 10.0 Å². The summed E-state index contributed by atoms with van der Waals surface area (Å²) in [5.74, 6) is -0.297. The van der Waals surface area contributed by atoms with Crippen LogP contribution in [0.2, 0.25) is 0 Å². The molecule has 2 aliphatic heterocycles. The summed E-state index contributed by atoms with van der Waals surface area (Å²) < 4.78 is 38.4. The summed E-state index contributed by atoms with van der Waals surface area (Å²) in [5.41, 5.74) is 3.16. The molecule has 2 aromatic rings. The van der Waals surface area contributed by atoms with Gasteiger partial charge in [0.1, 0.15) is 0 Å². The molecule has 4 rings (SSSR count). The fourth-order valence-corrected chi connectivity index (χ4v) is 5.77. The summed E-state index contributed by atoms with van der Waals surface area (Å²) in [7, 11) is -3.68. The Morgan fingerprint density at radius 3 is 2.27 bits per heavy atom. The van der Waals surface area contributed by atoms with Crippen molar-refractivity contribution in [2.24, 2.45) is 0 Å². The average Bonchev–Trinajstić information content (AvgIpc) is 2.84. The highest BCUT2D eigenvalue weighted by molar-refractivity contribution is 7.89. The van der Waals surface area contributed by atoms with Crippen LogP contribution in [0, 0.1) is 6.92 Å². The maximum absolute atomic E-state index is 13.1. The minimum absolute atomic E-state index is 0.171. The molecular weight excluding hydrogens is 442 g/mol. The van der Waals surface area contributed by atoms with Gasteiger partial charge in [-0.1, -0.05) is 30.3 Å². The number of benzene rings is 2. The quantitative estimate of drug-likeness (QED) is 0.660. The monoisotopic (exact) mass is 473 g/mol. The van der Waals surface area contributed by atoms with Crippen molar-refractivity contribution in [2.45, 2.75) is 24.9 Å². The second-order valence-corrected chi connectivity index (χ2v) is 10.2. The van der Waals surface area contributed by atoms with Gasteiger partial charge < -0.3 is 14.8 Å². The molecule has 0 saturated carbocycles. The van der Waals surface area contributed by atoms with Crippen LogP contribution in [0.3, 0.4) is 0 Å². The number of nitrogens with zero attached hydrogens (tertiary/aromatic N) is 2. The standard InChI is InChI=1S/C24H31N3O5S/c1-19-6-7-20(16-23(19)33(29,30)27-10-14-32-15-11-27)24(28)25-17-21-4-2-3-5-22(21)18-26-8-12-31-13-9-26/h2-7,16H,8-15,17-18H2,1H3,(H,25,28). The molecule has 0 unspecified atom stereocenters. The number of hydrogen-bond acceptors (Lipinski definition) is 6. The summed E-state index contributed by atoms with van der Waals surface area (Å²) in [6.07, 6.45) is 0. The third-order valence-corrected chi connectivity index (χ3v) is 8.13. The number of nitrogens with one attached hydrogen (secondary N) is 1. The number of ether oxygens (including phenoxy) is 2. The van der Waals surface area contributed by atoms with E-state index in [1.165, 1.54) is 15.9 Å². The molecule has 2 heterocycles. The molecule has 0 atom stereocenters. The molecule has 2 fully saturated rings. The van der Waals surface area contributed by atoms with Gasteiger partial charge in [-0.2, -0.15) is 4.31 Å². The van der Waals surface area contributed by atoms with Gasteiger partial charge in [0.15, 0.2) is 0 Å². The van der Waals surface area contributed by atoms with Crippen molar-refractivity contribution >= 4 is 15.9 Å². The van der Waals surface area contributed by atoms with E-state index in [4.69, 9.17) is 9.47 Å². The van der Waals surface area contributed by atoms with E-state index in [9.17, 15) is 13.2 Å². The normalized spacial score (nSPS) is 18.2. The average molecular weight is 474 g/mol. The number of aryl methyl sites for hydroxylation is 1. The Labute approximate surface area is 195 Å². The molecule has 33 heavy (non-hydrogen) atoms. The number of morpholine rings is 2. The molecule has 0 aliphatic carbocycles. The van der Waals surface area contributed by atoms with E-state index in [1.807, 2.05) is 18.2 Å². The Balaban J connectivity index is 1.46. The third-order valence-electron chi connectivity index (χ3n) is 6.09. The van der Waals surface area contributed by atoms with Gasteiger partial charge in [-0.3, -0.25) is 9.69 Å². The lowest BCUT2D eigenvalue weighted by Gasteiger charge is -2.27. The van der Waals surface area contributed by atoms with Crippen LogP contribution in [-0.4, -0.2) is 76.1 Å². The van der Waals surface area contributed by atoms with Crippen LogP contribution < -0.4 is 5.32 Å². The predicted molar refractivity (Wildman–Crippen MR) is 124 cm³/mol. The lowest BCUT2D eigenvalue weighted by Crippen LogP contribution is -2.41. The van der Waals surface area contributed by atoms with Crippen LogP contribution >= 0.6 is 0 Å². The highest BCUT2D eigenvalue weighted by Gasteiger charge is 2.28. The van der Waals surface area contributed by atoms with E-state index in [0.29, 0.717) is 44.0 Å². The largest absolute Gasteiger partial charge is 0.379 e. The Kier molecular flexibility index (Phi) is 7.77. The molecule has 0 spiro atoms. The number of carbonyl (C=O) groups excluding carboxylic acids is 1. The summed E-state index contributed by atoms with van der Waals surface area (Å²) in [6, 6.07) is 12.9. The first-order chi connectivity index (χ1) is 15.9. The zero-order chi connectivity index (χ0) is 23.3. The lowest BCUT2D eigenvalue weighted by atomic mass is 10.1. The van der Waals surface area contributed by atoms with E-state index in [1.54, 1.807) is 19.1 Å². The van der Waals surface area contributed by atoms with Crippen LogP contribution in [0.5, 0.6) is 0 Å². The second-order valence-electron chi connectivity index (χ2n) is 8.34. The van der Waals surface area contributed by atoms with Crippen molar-refractivity contribution in [1.82, 2.24) is 14.5 Å². The summed E-state index contributed by atoms with van der Waals surface area (Å²) in [4.78, 5) is 15.4. The van der Waals surface area contributed by atoms with Gasteiger partial charge in [0, 0.05) is 44.8 Å². The van der Waals surface area contributed by atoms with Gasteiger partial charge in [-0.15, -0.1) is 0 Å². The fraction of sp³-hybridized carbons (Fsp3) is 0.458. The van der Waals surface area contributed by atoms with Crippen molar-refractivity contribution in [1.29, 1.82) is 0 Å². The molecule has 0 radical (unpaired) electrons. The third kappa shape index (κ3) is 5.80. The van der Waals surface area contributed by atoms with Gasteiger partial charge in [0.2, 0.25) is 10.0 Å². The van der Waals surface area contributed by atoms with Crippen LogP contribution in [0.1, 0.15) is 27.0 Å². The number of sulfonamides is 1. The molecule has 8 nitrogen and oxygen atoms in total. The number of amides is 1. The SMILES string of the molecule is Cc1ccc(C(=O)NCc2ccccc2CN2CCOCC2)cc1S(=O)(=O)N1CCOCC1. The maximum atomic E-state index is 13.1. The molecule has 2 saturated heterocycles. The first kappa shape index (κ1) is 23.8. The van der Waals surface area contributed by atoms with Crippen molar-refractivity contribution < 1.29 is 22.7 Å². The minimum atomic E-state index is -3.68. The number of rotatable bonds is 7. The topological polar surface area (TPSA) is 88.2 Å². The highest BCUT2D eigenvalue weighted by Crippen LogP contribution is 2.22. The van der Waals surface area contributed by atoms with Gasteiger partial charge in [0.05, 0.1) is 31.3 Å². The highest BCUT2D eigenvalue weighted by atomic mass is 32.2. The first-order valence-electron chi connectivity index (χ1n) is 11.3. The molecule has 0 bridgehead atoms. The lowest BCUT2D eigenvalue weighted by molar-refractivity contribution is 0.0340. The summed E-state index contributed by atoms with van der Waals surface area (Å²) >= 11 is 0. The Morgan fingerprint density at radius 1 is 0.939 bits per heavy atom. The van der Waals surface area contributed by atoms with Crippen molar-refractivity contribution in [3.8, 4) is 0 Å². The molecular formula is C24H31N3O5S. The molecule has 178 valence electrons. The van der Waals surface area contributed by atoms with E-state index in [-0.39, 0.29) is 10.8 Å². The van der Waals surface area contributed by atoms with Gasteiger partial charge in [-0.25, -0.2) is 8.42 Å². The summed E-state index contributed by atoms with van der Waals surface area (Å²) in [5, 5.41) is 2.96. The van der Waals surface area contributed by atoms with Crippen LogP contribution in [0.4, 0.5) is 0 Å². The molecule has 2 aliphatic rings. The molecule has 0 aromatic heterocycles. The van der Waals surface area contributed by atoms with Crippen molar-refractivity contribution in [2.75, 3.05) is 52.6 Å². The van der Waals surface area contributed by atoms with Gasteiger partial charge >= 0.3 is 0 Å². The zero-order valence-corrected chi connectivity index (χ0v) is 19.8. The van der Waals surface area contributed by atoms with E-state index in [2.05, 4.69) is 16.3 Å². The molecule has 2 aromatic carbocycles. The Morgan fingerprint density at radius 2 is 1.58 bits per heavy atom. The Bertz CT molecular complexity index is 1080. The summed E-state index contributed by atoms with van der Waals surface area (Å²) in [6.45, 7) is 7.58. The smallest absolute Gasteiger partial charge is 0.251 e. The van der Waals surface area contributed by atoms with E-state index >= 15 is 0 Å². The first-order valence-corrected chi connectivity index (χ1v) is 12.7. The molecule has 9 heteroatoms. The van der Waals surface area contributed by atoms with Crippen LogP contribution in [0.15, 0.2) is 47.4 Å². The van der Waals surface area contributed by atoms with Crippen LogP contribution in [-0.2, 0) is 32.6 Å². The van der Waals surface area contributed by atoms with Crippen LogP contribution in [0.25, 0.3) is 0 Å². The number of hydrogen-bond donors (Lipinski definition) is 1. The van der Waals surface area contributed by atoms with Gasteiger partial charge in [0.25, 0.3) is 5.91 Å². The second kappa shape index (κ2) is 10.8. The maximum Gasteiger partial charge on any atom is 0.251 e. The zero-order valence-electron chi connectivity index (χ0n) is 19.0. The molecule has 1 amide bonds. The minimum Gasteiger partial charge on any atom is -0.379 e. The van der Waals surface area contributed by atoms with Crippen molar-refractivity contribution in [3.05, 3.63) is 64.7 Å². The Hall–Kier alpha value is -2.30. The number of carbonyl (C=O) groups is 1.